The van der Waals surface area contributed by atoms with Crippen molar-refractivity contribution in [1.29, 1.82) is 0 Å². The number of aromatic nitrogens is 1. The van der Waals surface area contributed by atoms with Crippen molar-refractivity contribution in [3.63, 3.8) is 0 Å². The van der Waals surface area contributed by atoms with E-state index >= 15 is 0 Å². The molecule has 0 aliphatic rings. The van der Waals surface area contributed by atoms with Gasteiger partial charge in [-0.1, -0.05) is 30.5 Å². The molecule has 0 atom stereocenters. The Bertz CT molecular complexity index is 1090. The van der Waals surface area contributed by atoms with Crippen LogP contribution in [-0.4, -0.2) is 4.98 Å². The molecule has 0 spiro atoms. The Hall–Kier alpha value is -2.05. The molecule has 16 heteroatoms. The standard InChI is InChI=1S/C19H7F10N3.2ClH.Zr/c20-8-10(22)14(26)18(15(27)11(8)23)30-4-6-2-1-3-7(32-6)5-31-19-16(28)12(24)9(21)13(25)17(19)29;;;/h1-3H,4-5H2;2*1H;/q-2;;;+4/p-2. The monoisotopic (exact) mass is 627 g/mol. The topological polar surface area (TPSA) is 41.1 Å². The van der Waals surface area contributed by atoms with Gasteiger partial charge >= 0.3 is 37.9 Å². The number of halogens is 12. The minimum atomic E-state index is -2.35. The fourth-order valence-electron chi connectivity index (χ4n) is 2.49. The van der Waals surface area contributed by atoms with Gasteiger partial charge in [0.25, 0.3) is 0 Å². The Morgan fingerprint density at radius 1 is 0.543 bits per heavy atom. The average Bonchev–Trinajstić information content (AvgIpc) is 2.84. The predicted octanol–water partition coefficient (Wildman–Crippen LogP) is 8.26. The fourth-order valence-corrected chi connectivity index (χ4v) is 2.49. The van der Waals surface area contributed by atoms with Crippen molar-refractivity contribution < 1.29 is 64.8 Å². The van der Waals surface area contributed by atoms with Crippen molar-refractivity contribution >= 4 is 28.4 Å². The van der Waals surface area contributed by atoms with Crippen LogP contribution in [0, 0.1) is 58.2 Å². The quantitative estimate of drug-likeness (QED) is 0.154. The van der Waals surface area contributed by atoms with Gasteiger partial charge in [0, 0.05) is 11.4 Å². The van der Waals surface area contributed by atoms with Crippen LogP contribution in [0.5, 0.6) is 0 Å². The summed E-state index contributed by atoms with van der Waals surface area (Å²) in [5, 5.41) is 6.62. The molecule has 0 fully saturated rings. The molecule has 3 aromatic rings. The Kier molecular flexibility index (Phi) is 10.7. The maximum absolute atomic E-state index is 13.7. The third kappa shape index (κ3) is 6.59. The molecule has 0 N–H and O–H groups in total. The number of pyridine rings is 1. The Balaban J connectivity index is 0.00000137. The van der Waals surface area contributed by atoms with E-state index in [1.54, 1.807) is 0 Å². The third-order valence-corrected chi connectivity index (χ3v) is 4.04. The second-order valence-electron chi connectivity index (χ2n) is 6.16. The van der Waals surface area contributed by atoms with E-state index in [1.165, 1.54) is 18.2 Å². The van der Waals surface area contributed by atoms with Gasteiger partial charge in [-0.05, 0) is 12.1 Å². The predicted molar refractivity (Wildman–Crippen MR) is 102 cm³/mol. The van der Waals surface area contributed by atoms with Crippen LogP contribution in [0.1, 0.15) is 11.4 Å². The molecule has 186 valence electrons. The Morgan fingerprint density at radius 2 is 0.800 bits per heavy atom. The summed E-state index contributed by atoms with van der Waals surface area (Å²) in [5.41, 5.74) is -3.03. The summed E-state index contributed by atoms with van der Waals surface area (Å²) < 4.78 is 134. The summed E-state index contributed by atoms with van der Waals surface area (Å²) in [6, 6.07) is 3.74. The summed E-state index contributed by atoms with van der Waals surface area (Å²) in [6.07, 6.45) is 0. The van der Waals surface area contributed by atoms with Gasteiger partial charge < -0.3 is 10.6 Å². The van der Waals surface area contributed by atoms with Gasteiger partial charge in [0.1, 0.15) is 23.3 Å². The van der Waals surface area contributed by atoms with E-state index in [9.17, 15) is 43.9 Å². The zero-order valence-corrected chi connectivity index (χ0v) is 20.5. The van der Waals surface area contributed by atoms with Crippen molar-refractivity contribution in [2.75, 3.05) is 0 Å². The molecule has 1 aromatic heterocycles. The molecule has 0 unspecified atom stereocenters. The van der Waals surface area contributed by atoms with E-state index in [1.807, 2.05) is 0 Å². The first-order valence-corrected chi connectivity index (χ1v) is 15.1. The van der Waals surface area contributed by atoms with Gasteiger partial charge in [-0.15, -0.1) is 0 Å². The zero-order chi connectivity index (χ0) is 26.4. The molecule has 2 aromatic carbocycles. The van der Waals surface area contributed by atoms with Gasteiger partial charge in [0.2, 0.25) is 0 Å². The summed E-state index contributed by atoms with van der Waals surface area (Å²) in [5.74, 6) is -22.1. The first-order chi connectivity index (χ1) is 16.5. The van der Waals surface area contributed by atoms with Crippen molar-refractivity contribution in [2.45, 2.75) is 13.1 Å². The minimum absolute atomic E-state index is 0.0842. The van der Waals surface area contributed by atoms with Crippen molar-refractivity contribution in [3.8, 4) is 0 Å². The summed E-state index contributed by atoms with van der Waals surface area (Å²) in [6.45, 7) is -1.34. The normalized spacial score (nSPS) is 10.4. The summed E-state index contributed by atoms with van der Waals surface area (Å²) in [7, 11) is 9.87. The van der Waals surface area contributed by atoms with Crippen LogP contribution in [0.4, 0.5) is 55.3 Å². The number of benzene rings is 2. The van der Waals surface area contributed by atoms with E-state index in [0.717, 1.165) is 0 Å². The Morgan fingerprint density at radius 3 is 1.09 bits per heavy atom. The van der Waals surface area contributed by atoms with Gasteiger partial charge in [0.05, 0.1) is 0 Å². The van der Waals surface area contributed by atoms with Crippen molar-refractivity contribution in [1.82, 2.24) is 4.98 Å². The first kappa shape index (κ1) is 29.2. The van der Waals surface area contributed by atoms with Crippen molar-refractivity contribution in [3.05, 3.63) is 98.4 Å². The van der Waals surface area contributed by atoms with Crippen LogP contribution in [0.2, 0.25) is 0 Å². The molecule has 0 saturated carbocycles. The molecule has 35 heavy (non-hydrogen) atoms. The average molecular weight is 629 g/mol. The molecule has 3 nitrogen and oxygen atoms in total. The second kappa shape index (κ2) is 12.8. The van der Waals surface area contributed by atoms with E-state index in [2.05, 4.69) is 15.6 Å². The molecule has 0 radical (unpaired) electrons. The molecular formula is C19H7Cl2F10N3Zr. The van der Waals surface area contributed by atoms with Gasteiger partial charge in [-0.3, -0.25) is 4.98 Å². The molecule has 0 saturated heterocycles. The first-order valence-electron chi connectivity index (χ1n) is 8.75. The summed E-state index contributed by atoms with van der Waals surface area (Å²) in [4.78, 5) is 3.85. The third-order valence-electron chi connectivity index (χ3n) is 4.04. The molecule has 0 aliphatic carbocycles. The summed E-state index contributed by atoms with van der Waals surface area (Å²) >= 11 is -0.826. The van der Waals surface area contributed by atoms with Crippen LogP contribution < -0.4 is 0 Å². The SMILES string of the molecule is Fc1c(F)c(F)c([N-]Cc2cccc(C[N-]c3c(F)c(F)c(F)c(F)c3F)n2)c(F)c1F.[Cl][Zr+2][Cl]. The van der Waals surface area contributed by atoms with Gasteiger partial charge in [-0.2, -0.15) is 0 Å². The van der Waals surface area contributed by atoms with Crippen LogP contribution in [-0.2, 0) is 33.9 Å². The van der Waals surface area contributed by atoms with Gasteiger partial charge in [0.15, 0.2) is 34.9 Å². The fraction of sp³-hybridized carbons (Fsp3) is 0.105. The molecule has 0 amide bonds. The number of hydrogen-bond acceptors (Lipinski definition) is 1. The van der Waals surface area contributed by atoms with Crippen LogP contribution in [0.25, 0.3) is 10.6 Å². The maximum atomic E-state index is 13.7. The second-order valence-corrected chi connectivity index (χ2v) is 9.89. The zero-order valence-electron chi connectivity index (χ0n) is 16.5. The van der Waals surface area contributed by atoms with Crippen LogP contribution in [0.3, 0.4) is 0 Å². The van der Waals surface area contributed by atoms with E-state index in [0.29, 0.717) is 0 Å². The van der Waals surface area contributed by atoms with E-state index < -0.39 is 103 Å². The molecule has 1 heterocycles. The van der Waals surface area contributed by atoms with Gasteiger partial charge in [-0.25, -0.2) is 43.9 Å². The molecule has 0 bridgehead atoms. The number of nitrogens with zero attached hydrogens (tertiary/aromatic N) is 3. The van der Waals surface area contributed by atoms with E-state index in [-0.39, 0.29) is 11.4 Å². The number of rotatable bonds is 6. The molecule has 0 aliphatic heterocycles. The number of hydrogen-bond donors (Lipinski definition) is 0. The molecule has 3 rings (SSSR count). The van der Waals surface area contributed by atoms with Crippen LogP contribution >= 0.6 is 17.0 Å². The molecular weight excluding hydrogens is 622 g/mol. The van der Waals surface area contributed by atoms with E-state index in [4.69, 9.17) is 17.0 Å². The van der Waals surface area contributed by atoms with Crippen LogP contribution in [0.15, 0.2) is 18.2 Å². The Labute approximate surface area is 209 Å². The van der Waals surface area contributed by atoms with Crippen molar-refractivity contribution in [2.24, 2.45) is 0 Å².